The van der Waals surface area contributed by atoms with E-state index < -0.39 is 0 Å². The van der Waals surface area contributed by atoms with Crippen LogP contribution in [0.3, 0.4) is 0 Å². The molecule has 1 amide bonds. The van der Waals surface area contributed by atoms with E-state index in [-0.39, 0.29) is 11.8 Å². The Labute approximate surface area is 121 Å². The van der Waals surface area contributed by atoms with Gasteiger partial charge in [0, 0.05) is 17.3 Å². The molecule has 2 atom stereocenters. The first-order valence-electron chi connectivity index (χ1n) is 7.54. The van der Waals surface area contributed by atoms with Gasteiger partial charge in [0.1, 0.15) is 5.82 Å². The molecule has 4 nitrogen and oxygen atoms in total. The molecular weight excluding hydrogens is 250 g/mol. The molecule has 1 aliphatic carbocycles. The number of hydrogen-bond acceptors (Lipinski definition) is 3. The highest BCUT2D eigenvalue weighted by Crippen LogP contribution is 2.24. The van der Waals surface area contributed by atoms with Crippen molar-refractivity contribution < 1.29 is 4.79 Å². The number of hydrogen-bond donors (Lipinski definition) is 2. The van der Waals surface area contributed by atoms with Gasteiger partial charge in [0.05, 0.1) is 0 Å². The van der Waals surface area contributed by atoms with Crippen molar-refractivity contribution in [2.75, 3.05) is 5.73 Å². The van der Waals surface area contributed by atoms with Crippen molar-refractivity contribution in [2.24, 2.45) is 5.92 Å². The Morgan fingerprint density at radius 2 is 2.15 bits per heavy atom. The van der Waals surface area contributed by atoms with Crippen molar-refractivity contribution in [3.63, 3.8) is 0 Å². The lowest BCUT2D eigenvalue weighted by molar-refractivity contribution is 0.0921. The number of amides is 1. The third-order valence-corrected chi connectivity index (χ3v) is 3.99. The van der Waals surface area contributed by atoms with Gasteiger partial charge in [-0.05, 0) is 36.8 Å². The molecule has 0 radical (unpaired) electrons. The lowest BCUT2D eigenvalue weighted by Gasteiger charge is -2.27. The zero-order chi connectivity index (χ0) is 14.7. The fourth-order valence-corrected chi connectivity index (χ4v) is 2.83. The number of aromatic nitrogens is 1. The Hall–Kier alpha value is -1.58. The molecule has 0 aliphatic heterocycles. The van der Waals surface area contributed by atoms with Crippen LogP contribution in [0.1, 0.15) is 68.4 Å². The standard InChI is InChI=1S/C16H25N3O/c1-10(2)14-8-12(9-15(17)19-14)16(20)18-13-6-4-5-11(3)7-13/h8-11,13H,4-7H2,1-3H3,(H2,17,19)(H,18,20). The molecule has 1 aromatic rings. The van der Waals surface area contributed by atoms with Crippen LogP contribution in [-0.4, -0.2) is 16.9 Å². The zero-order valence-corrected chi connectivity index (χ0v) is 12.6. The van der Waals surface area contributed by atoms with Gasteiger partial charge in [-0.3, -0.25) is 4.79 Å². The summed E-state index contributed by atoms with van der Waals surface area (Å²) in [5, 5.41) is 3.14. The Kier molecular flexibility index (Phi) is 4.63. The lowest BCUT2D eigenvalue weighted by atomic mass is 9.87. The van der Waals surface area contributed by atoms with E-state index in [1.54, 1.807) is 6.07 Å². The summed E-state index contributed by atoms with van der Waals surface area (Å²) < 4.78 is 0. The Morgan fingerprint density at radius 1 is 1.40 bits per heavy atom. The van der Waals surface area contributed by atoms with Crippen molar-refractivity contribution in [3.8, 4) is 0 Å². The van der Waals surface area contributed by atoms with E-state index >= 15 is 0 Å². The second-order valence-electron chi connectivity index (χ2n) is 6.30. The first-order chi connectivity index (χ1) is 9.45. The molecular formula is C16H25N3O. The maximum absolute atomic E-state index is 12.4. The molecule has 2 unspecified atom stereocenters. The van der Waals surface area contributed by atoms with Crippen LogP contribution in [0.15, 0.2) is 12.1 Å². The van der Waals surface area contributed by atoms with Gasteiger partial charge in [-0.2, -0.15) is 0 Å². The average molecular weight is 275 g/mol. The maximum atomic E-state index is 12.4. The van der Waals surface area contributed by atoms with Crippen molar-refractivity contribution >= 4 is 11.7 Å². The second kappa shape index (κ2) is 6.25. The van der Waals surface area contributed by atoms with E-state index in [9.17, 15) is 4.79 Å². The van der Waals surface area contributed by atoms with Gasteiger partial charge >= 0.3 is 0 Å². The number of carbonyl (C=O) groups excluding carboxylic acids is 1. The number of anilines is 1. The first-order valence-corrected chi connectivity index (χ1v) is 7.54. The van der Waals surface area contributed by atoms with Gasteiger partial charge in [0.2, 0.25) is 0 Å². The van der Waals surface area contributed by atoms with Gasteiger partial charge in [-0.15, -0.1) is 0 Å². The zero-order valence-electron chi connectivity index (χ0n) is 12.6. The SMILES string of the molecule is CC1CCCC(NC(=O)c2cc(N)nc(C(C)C)c2)C1. The molecule has 1 aromatic heterocycles. The van der Waals surface area contributed by atoms with Crippen LogP contribution in [0.25, 0.3) is 0 Å². The van der Waals surface area contributed by atoms with Crippen LogP contribution in [0.4, 0.5) is 5.82 Å². The van der Waals surface area contributed by atoms with E-state index in [4.69, 9.17) is 5.73 Å². The van der Waals surface area contributed by atoms with E-state index in [1.807, 2.05) is 19.9 Å². The average Bonchev–Trinajstić information content (AvgIpc) is 2.37. The van der Waals surface area contributed by atoms with Crippen molar-refractivity contribution in [2.45, 2.75) is 58.4 Å². The van der Waals surface area contributed by atoms with Gasteiger partial charge < -0.3 is 11.1 Å². The minimum Gasteiger partial charge on any atom is -0.384 e. The van der Waals surface area contributed by atoms with Crippen molar-refractivity contribution in [3.05, 3.63) is 23.4 Å². The topological polar surface area (TPSA) is 68.0 Å². The van der Waals surface area contributed by atoms with Gasteiger partial charge in [0.15, 0.2) is 0 Å². The molecule has 2 rings (SSSR count). The molecule has 1 saturated carbocycles. The monoisotopic (exact) mass is 275 g/mol. The number of nitrogen functional groups attached to an aromatic ring is 1. The number of carbonyl (C=O) groups is 1. The number of pyridine rings is 1. The fraction of sp³-hybridized carbons (Fsp3) is 0.625. The Balaban J connectivity index is 2.08. The molecule has 0 aromatic carbocycles. The van der Waals surface area contributed by atoms with E-state index in [0.29, 0.717) is 23.3 Å². The molecule has 110 valence electrons. The largest absolute Gasteiger partial charge is 0.384 e. The molecule has 4 heteroatoms. The van der Waals surface area contributed by atoms with Crippen LogP contribution in [0, 0.1) is 5.92 Å². The van der Waals surface area contributed by atoms with Gasteiger partial charge in [-0.25, -0.2) is 4.98 Å². The number of rotatable bonds is 3. The second-order valence-corrected chi connectivity index (χ2v) is 6.30. The summed E-state index contributed by atoms with van der Waals surface area (Å²) in [6, 6.07) is 3.80. The fourth-order valence-electron chi connectivity index (χ4n) is 2.83. The van der Waals surface area contributed by atoms with Gasteiger partial charge in [-0.1, -0.05) is 33.6 Å². The van der Waals surface area contributed by atoms with Crippen LogP contribution in [0.5, 0.6) is 0 Å². The summed E-state index contributed by atoms with van der Waals surface area (Å²) >= 11 is 0. The third kappa shape index (κ3) is 3.71. The molecule has 0 saturated heterocycles. The third-order valence-electron chi connectivity index (χ3n) is 3.99. The molecule has 1 heterocycles. The van der Waals surface area contributed by atoms with Crippen LogP contribution in [0.2, 0.25) is 0 Å². The summed E-state index contributed by atoms with van der Waals surface area (Å²) in [5.41, 5.74) is 7.29. The summed E-state index contributed by atoms with van der Waals surface area (Å²) in [7, 11) is 0. The molecule has 20 heavy (non-hydrogen) atoms. The summed E-state index contributed by atoms with van der Waals surface area (Å²) in [5.74, 6) is 1.35. The predicted octanol–water partition coefficient (Wildman–Crippen LogP) is 3.10. The smallest absolute Gasteiger partial charge is 0.251 e. The maximum Gasteiger partial charge on any atom is 0.251 e. The molecule has 0 bridgehead atoms. The minimum absolute atomic E-state index is 0.0277. The number of nitrogens with one attached hydrogen (secondary N) is 1. The number of nitrogens with zero attached hydrogens (tertiary/aromatic N) is 1. The quantitative estimate of drug-likeness (QED) is 0.890. The van der Waals surface area contributed by atoms with E-state index in [2.05, 4.69) is 17.2 Å². The molecule has 0 spiro atoms. The molecule has 1 fully saturated rings. The highest BCUT2D eigenvalue weighted by Gasteiger charge is 2.21. The Morgan fingerprint density at radius 3 is 2.80 bits per heavy atom. The van der Waals surface area contributed by atoms with E-state index in [1.165, 1.54) is 12.8 Å². The highest BCUT2D eigenvalue weighted by atomic mass is 16.1. The van der Waals surface area contributed by atoms with E-state index in [0.717, 1.165) is 18.5 Å². The molecule has 3 N–H and O–H groups in total. The van der Waals surface area contributed by atoms with Crippen molar-refractivity contribution in [1.29, 1.82) is 0 Å². The summed E-state index contributed by atoms with van der Waals surface area (Å²) in [4.78, 5) is 16.6. The highest BCUT2D eigenvalue weighted by molar-refractivity contribution is 5.95. The van der Waals surface area contributed by atoms with Crippen molar-refractivity contribution in [1.82, 2.24) is 10.3 Å². The van der Waals surface area contributed by atoms with Crippen LogP contribution >= 0.6 is 0 Å². The first kappa shape index (κ1) is 14.8. The normalized spacial score (nSPS) is 22.8. The Bertz CT molecular complexity index is 485. The molecule has 1 aliphatic rings. The van der Waals surface area contributed by atoms with Crippen LogP contribution < -0.4 is 11.1 Å². The lowest BCUT2D eigenvalue weighted by Crippen LogP contribution is -2.38. The predicted molar refractivity (Wildman–Crippen MR) is 81.6 cm³/mol. The van der Waals surface area contributed by atoms with Gasteiger partial charge in [0.25, 0.3) is 5.91 Å². The summed E-state index contributed by atoms with van der Waals surface area (Å²) in [6.45, 7) is 6.35. The summed E-state index contributed by atoms with van der Waals surface area (Å²) in [6.07, 6.45) is 4.62. The van der Waals surface area contributed by atoms with Crippen LogP contribution in [-0.2, 0) is 0 Å². The minimum atomic E-state index is -0.0277. The number of nitrogens with two attached hydrogens (primary N) is 1.